The number of hydrogen-bond acceptors (Lipinski definition) is 4. The van der Waals surface area contributed by atoms with Crippen LogP contribution >= 0.6 is 0 Å². The summed E-state index contributed by atoms with van der Waals surface area (Å²) >= 11 is 0. The van der Waals surface area contributed by atoms with E-state index < -0.39 is 0 Å². The van der Waals surface area contributed by atoms with Gasteiger partial charge in [0.25, 0.3) is 0 Å². The maximum absolute atomic E-state index is 5.72. The Morgan fingerprint density at radius 2 is 2.26 bits per heavy atom. The molecule has 1 fully saturated rings. The Labute approximate surface area is 113 Å². The van der Waals surface area contributed by atoms with Crippen LogP contribution in [-0.2, 0) is 4.74 Å². The molecule has 3 rings (SSSR count). The molecule has 102 valence electrons. The summed E-state index contributed by atoms with van der Waals surface area (Å²) in [7, 11) is 2.10. The molecule has 0 amide bonds. The number of ether oxygens (including phenoxy) is 1. The van der Waals surface area contributed by atoms with Gasteiger partial charge in [-0.15, -0.1) is 0 Å². The highest BCUT2D eigenvalue weighted by atomic mass is 16.5. The van der Waals surface area contributed by atoms with Gasteiger partial charge in [0.05, 0.1) is 18.4 Å². The first-order valence-corrected chi connectivity index (χ1v) is 6.84. The fourth-order valence-electron chi connectivity index (χ4n) is 2.52. The summed E-state index contributed by atoms with van der Waals surface area (Å²) in [6.45, 7) is 3.72. The second kappa shape index (κ2) is 5.63. The van der Waals surface area contributed by atoms with Crippen LogP contribution in [0.5, 0.6) is 0 Å². The standard InChI is InChI=1S/C15H20N2O2/c1-17(8-6-12-10-16-7-9-18-12)14-11-19-15-5-3-2-4-13(14)15/h2-5,11-12,16H,6-10H2,1H3. The van der Waals surface area contributed by atoms with Gasteiger partial charge in [-0.05, 0) is 18.6 Å². The summed E-state index contributed by atoms with van der Waals surface area (Å²) in [4.78, 5) is 2.24. The van der Waals surface area contributed by atoms with E-state index in [9.17, 15) is 0 Å². The molecule has 4 heteroatoms. The van der Waals surface area contributed by atoms with E-state index in [-0.39, 0.29) is 0 Å². The largest absolute Gasteiger partial charge is 0.462 e. The van der Waals surface area contributed by atoms with Crippen molar-refractivity contribution in [2.45, 2.75) is 12.5 Å². The van der Waals surface area contributed by atoms with Crippen molar-refractivity contribution in [3.8, 4) is 0 Å². The first kappa shape index (κ1) is 12.5. The molecule has 1 aliphatic rings. The number of morpholine rings is 1. The Balaban J connectivity index is 1.64. The van der Waals surface area contributed by atoms with Crippen molar-refractivity contribution in [3.05, 3.63) is 30.5 Å². The average molecular weight is 260 g/mol. The SMILES string of the molecule is CN(CCC1CNCCO1)c1coc2ccccc12. The molecule has 1 aromatic carbocycles. The third-order valence-electron chi connectivity index (χ3n) is 3.66. The van der Waals surface area contributed by atoms with Crippen molar-refractivity contribution < 1.29 is 9.15 Å². The first-order chi connectivity index (χ1) is 9.34. The van der Waals surface area contributed by atoms with Gasteiger partial charge >= 0.3 is 0 Å². The van der Waals surface area contributed by atoms with Gasteiger partial charge in [-0.1, -0.05) is 12.1 Å². The van der Waals surface area contributed by atoms with Crippen LogP contribution in [0, 0.1) is 0 Å². The number of anilines is 1. The molecular weight excluding hydrogens is 240 g/mol. The van der Waals surface area contributed by atoms with Crippen LogP contribution in [0.3, 0.4) is 0 Å². The van der Waals surface area contributed by atoms with Crippen LogP contribution in [-0.4, -0.2) is 39.4 Å². The predicted molar refractivity (Wildman–Crippen MR) is 76.7 cm³/mol. The van der Waals surface area contributed by atoms with Crippen LogP contribution in [0.2, 0.25) is 0 Å². The van der Waals surface area contributed by atoms with Crippen LogP contribution < -0.4 is 10.2 Å². The van der Waals surface area contributed by atoms with Gasteiger partial charge in [-0.25, -0.2) is 0 Å². The van der Waals surface area contributed by atoms with Crippen LogP contribution in [0.4, 0.5) is 5.69 Å². The van der Waals surface area contributed by atoms with E-state index in [1.165, 1.54) is 5.39 Å². The summed E-state index contributed by atoms with van der Waals surface area (Å²) in [5.41, 5.74) is 2.10. The molecule has 1 unspecified atom stereocenters. The van der Waals surface area contributed by atoms with Gasteiger partial charge in [0.2, 0.25) is 0 Å². The van der Waals surface area contributed by atoms with E-state index >= 15 is 0 Å². The lowest BCUT2D eigenvalue weighted by molar-refractivity contribution is 0.0250. The third-order valence-corrected chi connectivity index (χ3v) is 3.66. The van der Waals surface area contributed by atoms with E-state index in [0.29, 0.717) is 6.10 Å². The van der Waals surface area contributed by atoms with Crippen molar-refractivity contribution in [3.63, 3.8) is 0 Å². The molecule has 4 nitrogen and oxygen atoms in total. The maximum Gasteiger partial charge on any atom is 0.136 e. The maximum atomic E-state index is 5.72. The molecule has 2 aromatic rings. The lowest BCUT2D eigenvalue weighted by Gasteiger charge is -2.26. The summed E-state index contributed by atoms with van der Waals surface area (Å²) in [5, 5.41) is 4.53. The van der Waals surface area contributed by atoms with Crippen LogP contribution in [0.15, 0.2) is 34.9 Å². The molecule has 19 heavy (non-hydrogen) atoms. The van der Waals surface area contributed by atoms with E-state index in [2.05, 4.69) is 23.3 Å². The quantitative estimate of drug-likeness (QED) is 0.915. The smallest absolute Gasteiger partial charge is 0.136 e. The highest BCUT2D eigenvalue weighted by molar-refractivity contribution is 5.90. The zero-order valence-electron chi connectivity index (χ0n) is 11.3. The fraction of sp³-hybridized carbons (Fsp3) is 0.467. The molecule has 1 atom stereocenters. The summed E-state index contributed by atoms with van der Waals surface area (Å²) in [5.74, 6) is 0. The van der Waals surface area contributed by atoms with Gasteiger partial charge in [-0.2, -0.15) is 0 Å². The minimum Gasteiger partial charge on any atom is -0.462 e. The van der Waals surface area contributed by atoms with Gasteiger partial charge in [0, 0.05) is 32.1 Å². The number of hydrogen-bond donors (Lipinski definition) is 1. The van der Waals surface area contributed by atoms with Crippen LogP contribution in [0.1, 0.15) is 6.42 Å². The lowest BCUT2D eigenvalue weighted by atomic mass is 10.2. The van der Waals surface area contributed by atoms with E-state index in [1.54, 1.807) is 0 Å². The molecule has 1 saturated heterocycles. The Morgan fingerprint density at radius 3 is 3.11 bits per heavy atom. The average Bonchev–Trinajstić information content (AvgIpc) is 2.90. The Morgan fingerprint density at radius 1 is 1.37 bits per heavy atom. The molecule has 1 aromatic heterocycles. The topological polar surface area (TPSA) is 37.6 Å². The predicted octanol–water partition coefficient (Wildman–Crippen LogP) is 2.25. The Hall–Kier alpha value is -1.52. The molecule has 1 N–H and O–H groups in total. The zero-order valence-corrected chi connectivity index (χ0v) is 11.3. The minimum absolute atomic E-state index is 0.328. The second-order valence-electron chi connectivity index (χ2n) is 5.02. The Kier molecular flexibility index (Phi) is 3.71. The monoisotopic (exact) mass is 260 g/mol. The number of para-hydroxylation sites is 1. The number of furan rings is 1. The molecular formula is C15H20N2O2. The van der Waals surface area contributed by atoms with Crippen LogP contribution in [0.25, 0.3) is 11.0 Å². The second-order valence-corrected chi connectivity index (χ2v) is 5.02. The number of rotatable bonds is 4. The highest BCUT2D eigenvalue weighted by Gasteiger charge is 2.15. The molecule has 1 aliphatic heterocycles. The van der Waals surface area contributed by atoms with E-state index in [1.807, 2.05) is 24.5 Å². The molecule has 0 spiro atoms. The summed E-state index contributed by atoms with van der Waals surface area (Å²) in [6, 6.07) is 8.14. The highest BCUT2D eigenvalue weighted by Crippen LogP contribution is 2.28. The van der Waals surface area contributed by atoms with Gasteiger partial charge < -0.3 is 19.4 Å². The van der Waals surface area contributed by atoms with Crippen molar-refractivity contribution in [2.75, 3.05) is 38.2 Å². The van der Waals surface area contributed by atoms with E-state index in [0.717, 1.165) is 43.9 Å². The van der Waals surface area contributed by atoms with Crippen molar-refractivity contribution >= 4 is 16.7 Å². The van der Waals surface area contributed by atoms with Crippen molar-refractivity contribution in [1.82, 2.24) is 5.32 Å². The summed E-state index contributed by atoms with van der Waals surface area (Å²) in [6.07, 6.45) is 3.20. The van der Waals surface area contributed by atoms with Crippen molar-refractivity contribution in [2.24, 2.45) is 0 Å². The number of fused-ring (bicyclic) bond motifs is 1. The van der Waals surface area contributed by atoms with Gasteiger partial charge in [0.1, 0.15) is 11.8 Å². The normalized spacial score (nSPS) is 19.7. The first-order valence-electron chi connectivity index (χ1n) is 6.84. The minimum atomic E-state index is 0.328. The summed E-state index contributed by atoms with van der Waals surface area (Å²) < 4.78 is 11.3. The Bertz CT molecular complexity index is 532. The zero-order chi connectivity index (χ0) is 13.1. The van der Waals surface area contributed by atoms with E-state index in [4.69, 9.17) is 9.15 Å². The van der Waals surface area contributed by atoms with Gasteiger partial charge in [-0.3, -0.25) is 0 Å². The molecule has 2 heterocycles. The number of nitrogens with zero attached hydrogens (tertiary/aromatic N) is 1. The molecule has 0 radical (unpaired) electrons. The van der Waals surface area contributed by atoms with Crippen molar-refractivity contribution in [1.29, 1.82) is 0 Å². The van der Waals surface area contributed by atoms with Gasteiger partial charge in [0.15, 0.2) is 0 Å². The number of nitrogens with one attached hydrogen (secondary N) is 1. The number of benzene rings is 1. The third kappa shape index (κ3) is 2.74. The molecule has 0 aliphatic carbocycles. The molecule has 0 bridgehead atoms. The molecule has 0 saturated carbocycles. The lowest BCUT2D eigenvalue weighted by Crippen LogP contribution is -2.40. The fourth-order valence-corrected chi connectivity index (χ4v) is 2.52.